The van der Waals surface area contributed by atoms with Gasteiger partial charge in [-0.1, -0.05) is 34.1 Å². The Morgan fingerprint density at radius 2 is 0.969 bits per heavy atom. The summed E-state index contributed by atoms with van der Waals surface area (Å²) >= 11 is 0. The first-order chi connectivity index (χ1) is 45.7. The summed E-state index contributed by atoms with van der Waals surface area (Å²) in [4.78, 5) is 53.4. The Kier molecular flexibility index (Phi) is 25.0. The first kappa shape index (κ1) is 71.3. The van der Waals surface area contributed by atoms with E-state index in [0.29, 0.717) is 55.0 Å². The Morgan fingerprint density at radius 1 is 0.521 bits per heavy atom. The van der Waals surface area contributed by atoms with Crippen LogP contribution in [-0.4, -0.2) is 179 Å². The lowest BCUT2D eigenvalue weighted by atomic mass is 9.89. The van der Waals surface area contributed by atoms with E-state index in [1.54, 1.807) is 23.5 Å². The molecule has 2 aliphatic heterocycles. The molecule has 5 saturated carbocycles. The van der Waals surface area contributed by atoms with E-state index in [1.807, 2.05) is 67.2 Å². The normalized spacial score (nSPS) is 25.7. The van der Waals surface area contributed by atoms with Gasteiger partial charge in [0.05, 0.1) is 65.2 Å². The van der Waals surface area contributed by atoms with E-state index in [2.05, 4.69) is 76.1 Å². The molecule has 2 unspecified atom stereocenters. The average molecular weight is 1330 g/mol. The summed E-state index contributed by atoms with van der Waals surface area (Å²) in [5, 5.41) is 69.3. The highest BCUT2D eigenvalue weighted by Gasteiger charge is 2.31. The topological polar surface area (TPSA) is 340 Å². The van der Waals surface area contributed by atoms with Crippen LogP contribution >= 0.6 is 0 Å². The minimum absolute atomic E-state index is 0. The van der Waals surface area contributed by atoms with Gasteiger partial charge in [0.2, 0.25) is 23.8 Å². The van der Waals surface area contributed by atoms with Gasteiger partial charge >= 0.3 is 6.09 Å². The number of aromatic nitrogens is 15. The molecule has 27 heteroatoms. The number of H-pyrrole nitrogens is 1. The molecule has 7 aliphatic rings. The summed E-state index contributed by atoms with van der Waals surface area (Å²) in [6.45, 7) is 8.64. The summed E-state index contributed by atoms with van der Waals surface area (Å²) in [6.07, 6.45) is 39.9. The summed E-state index contributed by atoms with van der Waals surface area (Å²) in [6, 6.07) is 3.36. The number of aliphatic hydroxyl groups is 4. The number of piperidine rings is 1. The molecular formula is C69H106N20O7. The van der Waals surface area contributed by atoms with Gasteiger partial charge in [0, 0.05) is 86.8 Å². The second-order valence-corrected chi connectivity index (χ2v) is 28.0. The van der Waals surface area contributed by atoms with Crippen LogP contribution in [0.2, 0.25) is 0 Å². The number of rotatable bonds is 12. The van der Waals surface area contributed by atoms with Crippen LogP contribution in [0.25, 0.3) is 44.1 Å². The lowest BCUT2D eigenvalue weighted by molar-refractivity contribution is -0.0370. The molecule has 15 rings (SSSR count). The number of aromatic amines is 1. The van der Waals surface area contributed by atoms with Gasteiger partial charge < -0.3 is 61.1 Å². The quantitative estimate of drug-likeness (QED) is 0.0549. The largest absolute Gasteiger partial charge is 0.444 e. The third kappa shape index (κ3) is 19.4. The van der Waals surface area contributed by atoms with Crippen molar-refractivity contribution in [1.29, 1.82) is 0 Å². The van der Waals surface area contributed by atoms with Crippen molar-refractivity contribution in [2.75, 3.05) is 41.0 Å². The van der Waals surface area contributed by atoms with Gasteiger partial charge in [0.1, 0.15) is 11.2 Å². The van der Waals surface area contributed by atoms with Crippen molar-refractivity contribution in [3.63, 3.8) is 0 Å². The standard InChI is InChI=1S/C21H32N6O3.C18H27N5O.C16H23N5O2.C12H16N4O.2CH4/c1-21(2,3)30-20(29)26-10-4-5-16(13-26)27-18-14(12-23-27)11-22-19(25-18)24-15-6-8-17(28)9-7-15;24-16-8-6-15(7-9-16)21-18-19-10-14-11-20-23(17(14)22-18)12-13-4-2-1-3-5-13;22-13-6-4-12(5-7-13)19-16-17-9-11-10-18-21(15(11)20-16)14-3-1-2-8-23-14;17-10-3-1-9(2-4-10)15-12-14-7-8-5-6-13-11(8)16-12;;/h11-12,15-17,28H,4-10,13H2,1-3H3,(H,22,24,25);10-11,13,15-16,24H,1-9,12H2,(H,19,21,22);9-10,12-14,22H,1-8H2,(H,17,19,20);5-7,9-10,17H,1-4H2,(H2,13,14,15,16);2*1H4. The molecule has 27 nitrogen and oxygen atoms in total. The molecule has 0 spiro atoms. The summed E-state index contributed by atoms with van der Waals surface area (Å²) < 4.78 is 17.2. The van der Waals surface area contributed by atoms with E-state index in [1.165, 1.54) is 32.1 Å². The number of nitrogens with zero attached hydrogens (tertiary/aromatic N) is 15. The number of hydrogen-bond acceptors (Lipinski definition) is 22. The van der Waals surface area contributed by atoms with E-state index in [4.69, 9.17) is 19.4 Å². The maximum absolute atomic E-state index is 12.5. The summed E-state index contributed by atoms with van der Waals surface area (Å²) in [5.41, 5.74) is 2.89. The van der Waals surface area contributed by atoms with Crippen molar-refractivity contribution < 1.29 is 34.7 Å². The van der Waals surface area contributed by atoms with E-state index in [9.17, 15) is 25.2 Å². The summed E-state index contributed by atoms with van der Waals surface area (Å²) in [5.74, 6) is 3.31. The molecule has 9 N–H and O–H groups in total. The van der Waals surface area contributed by atoms with Crippen molar-refractivity contribution in [3.8, 4) is 0 Å². The van der Waals surface area contributed by atoms with Crippen molar-refractivity contribution in [3.05, 3.63) is 55.6 Å². The smallest absolute Gasteiger partial charge is 0.410 e. The minimum Gasteiger partial charge on any atom is -0.444 e. The number of likely N-dealkylation sites (tertiary alicyclic amines) is 1. The van der Waals surface area contributed by atoms with Gasteiger partial charge in [-0.25, -0.2) is 38.8 Å². The van der Waals surface area contributed by atoms with Gasteiger partial charge in [-0.05, 0) is 180 Å². The highest BCUT2D eigenvalue weighted by molar-refractivity contribution is 5.77. The van der Waals surface area contributed by atoms with Gasteiger partial charge in [-0.2, -0.15) is 35.2 Å². The van der Waals surface area contributed by atoms with Crippen molar-refractivity contribution in [1.82, 2.24) is 79.1 Å². The van der Waals surface area contributed by atoms with Gasteiger partial charge in [-0.3, -0.25) is 0 Å². The zero-order valence-electron chi connectivity index (χ0n) is 55.0. The fraction of sp³-hybridized carbons (Fsp3) is 0.681. The molecule has 2 saturated heterocycles. The Bertz CT molecular complexity index is 3660. The Labute approximate surface area is 563 Å². The maximum atomic E-state index is 12.5. The first-order valence-corrected chi connectivity index (χ1v) is 34.9. The molecule has 8 aromatic rings. The zero-order valence-corrected chi connectivity index (χ0v) is 55.0. The fourth-order valence-electron chi connectivity index (χ4n) is 14.1. The van der Waals surface area contributed by atoms with Crippen LogP contribution in [-0.2, 0) is 16.0 Å². The van der Waals surface area contributed by atoms with Crippen molar-refractivity contribution in [2.45, 2.75) is 276 Å². The average Bonchev–Trinajstić information content (AvgIpc) is 1.76. The Hall–Kier alpha value is -7.46. The molecular weight excluding hydrogens is 1220 g/mol. The number of fused-ring (bicyclic) bond motifs is 4. The molecule has 1 amide bonds. The number of anilines is 4. The molecule has 10 heterocycles. The van der Waals surface area contributed by atoms with Crippen LogP contribution in [0.3, 0.4) is 0 Å². The van der Waals surface area contributed by atoms with Crippen LogP contribution in [0, 0.1) is 5.92 Å². The number of carbonyl (C=O) groups excluding carboxylic acids is 1. The lowest BCUT2D eigenvalue weighted by Crippen LogP contribution is -2.43. The number of aliphatic hydroxyl groups excluding tert-OH is 4. The van der Waals surface area contributed by atoms with Crippen LogP contribution in [0.1, 0.15) is 215 Å². The van der Waals surface area contributed by atoms with Gasteiger partial charge in [0.15, 0.2) is 23.2 Å². The maximum Gasteiger partial charge on any atom is 0.410 e. The van der Waals surface area contributed by atoms with Gasteiger partial charge in [0.25, 0.3) is 0 Å². The molecule has 96 heavy (non-hydrogen) atoms. The molecule has 5 aliphatic carbocycles. The number of nitrogens with one attached hydrogen (secondary N) is 5. The van der Waals surface area contributed by atoms with Gasteiger partial charge in [-0.15, -0.1) is 0 Å². The second-order valence-electron chi connectivity index (χ2n) is 28.0. The molecule has 0 aromatic carbocycles. The predicted molar refractivity (Wildman–Crippen MR) is 372 cm³/mol. The Balaban J connectivity index is 0.000000140. The van der Waals surface area contributed by atoms with Crippen LogP contribution in [0.5, 0.6) is 0 Å². The fourth-order valence-corrected chi connectivity index (χ4v) is 14.1. The Morgan fingerprint density at radius 3 is 1.47 bits per heavy atom. The van der Waals surface area contributed by atoms with E-state index >= 15 is 0 Å². The highest BCUT2D eigenvalue weighted by Crippen LogP contribution is 2.32. The third-order valence-electron chi connectivity index (χ3n) is 19.4. The molecule has 7 fully saturated rings. The SMILES string of the molecule is C.C.CC(C)(C)OC(=O)N1CCCC(n2ncc3cnc(NC4CCC(O)CC4)nc32)C1.OC1CCC(Nc2ncc3cc[nH]c3n2)CC1.OC1CCC(Nc2ncc3cnn(C4CCCCO4)c3n2)CC1.OC1CCC(Nc2ncc3cnn(CC4CCCCC4)c3n2)CC1. The van der Waals surface area contributed by atoms with E-state index < -0.39 is 5.60 Å². The first-order valence-electron chi connectivity index (χ1n) is 34.9. The zero-order chi connectivity index (χ0) is 65.0. The molecule has 2 atom stereocenters. The van der Waals surface area contributed by atoms with Crippen LogP contribution < -0.4 is 21.3 Å². The number of carbonyl (C=O) groups is 1. The lowest BCUT2D eigenvalue weighted by Gasteiger charge is -2.34. The number of amides is 1. The van der Waals surface area contributed by atoms with Crippen LogP contribution in [0.4, 0.5) is 28.6 Å². The number of hydrogen-bond donors (Lipinski definition) is 9. The van der Waals surface area contributed by atoms with Crippen LogP contribution in [0.15, 0.2) is 55.6 Å². The van der Waals surface area contributed by atoms with E-state index in [0.717, 1.165) is 198 Å². The molecule has 524 valence electrons. The molecule has 8 aromatic heterocycles. The minimum atomic E-state index is -0.509. The predicted octanol–water partition coefficient (Wildman–Crippen LogP) is 11.4. The summed E-state index contributed by atoms with van der Waals surface area (Å²) in [7, 11) is 0. The molecule has 0 bridgehead atoms. The molecule has 0 radical (unpaired) electrons. The van der Waals surface area contributed by atoms with Crippen molar-refractivity contribution >= 4 is 74.0 Å². The second kappa shape index (κ2) is 33.7. The third-order valence-corrected chi connectivity index (χ3v) is 19.4. The number of ether oxygens (including phenoxy) is 2. The highest BCUT2D eigenvalue weighted by atomic mass is 16.6. The van der Waals surface area contributed by atoms with E-state index in [-0.39, 0.29) is 63.7 Å². The monoisotopic (exact) mass is 1330 g/mol. The van der Waals surface area contributed by atoms with Crippen molar-refractivity contribution in [2.24, 2.45) is 5.92 Å².